The smallest absolute Gasteiger partial charge is 0.323 e. The monoisotopic (exact) mass is 525 g/mol. The maximum Gasteiger partial charge on any atom is 0.323 e. The Morgan fingerprint density at radius 2 is 1.70 bits per heavy atom. The van der Waals surface area contributed by atoms with Gasteiger partial charge in [0.15, 0.2) is 0 Å². The van der Waals surface area contributed by atoms with E-state index in [9.17, 15) is 14.0 Å². The van der Waals surface area contributed by atoms with Gasteiger partial charge in [-0.2, -0.15) is 0 Å². The molecule has 1 aliphatic rings. The molecule has 37 heavy (non-hydrogen) atoms. The van der Waals surface area contributed by atoms with Gasteiger partial charge in [-0.3, -0.25) is 14.5 Å². The van der Waals surface area contributed by atoms with Crippen LogP contribution in [0.5, 0.6) is 5.75 Å². The van der Waals surface area contributed by atoms with Crippen LogP contribution in [-0.4, -0.2) is 61.7 Å². The lowest BCUT2D eigenvalue weighted by Crippen LogP contribution is -2.44. The van der Waals surface area contributed by atoms with Crippen LogP contribution >= 0.6 is 11.6 Å². The van der Waals surface area contributed by atoms with Gasteiger partial charge in [-0.1, -0.05) is 41.9 Å². The standard InChI is InChI=1S/C28H29ClFN3O4/c1-32-12-14-33(15-13-32)18-23-16-22(21-4-9-25(30)10-5-21)6-11-26(23)37-28(36-19-34)27(35)31-17-20-2-7-24(29)8-3-20/h2-11,16,19,28H,12-15,17-18H2,1H3,(H,31,35). The highest BCUT2D eigenvalue weighted by Crippen LogP contribution is 2.29. The molecule has 1 N–H and O–H groups in total. The van der Waals surface area contributed by atoms with Crippen molar-refractivity contribution in [1.82, 2.24) is 15.1 Å². The molecule has 0 aromatic heterocycles. The number of ether oxygens (including phenoxy) is 2. The van der Waals surface area contributed by atoms with Gasteiger partial charge in [-0.25, -0.2) is 4.39 Å². The molecular weight excluding hydrogens is 497 g/mol. The summed E-state index contributed by atoms with van der Waals surface area (Å²) in [5, 5.41) is 3.32. The summed E-state index contributed by atoms with van der Waals surface area (Å²) in [6, 6.07) is 18.8. The molecular formula is C28H29ClFN3O4. The lowest BCUT2D eigenvalue weighted by molar-refractivity contribution is -0.162. The Kier molecular flexibility index (Phi) is 9.11. The summed E-state index contributed by atoms with van der Waals surface area (Å²) in [4.78, 5) is 28.6. The highest BCUT2D eigenvalue weighted by molar-refractivity contribution is 6.30. The quantitative estimate of drug-likeness (QED) is 0.318. The molecule has 7 nitrogen and oxygen atoms in total. The first-order valence-corrected chi connectivity index (χ1v) is 12.4. The first-order valence-electron chi connectivity index (χ1n) is 12.0. The summed E-state index contributed by atoms with van der Waals surface area (Å²) in [5.74, 6) is -0.465. The Hall–Kier alpha value is -3.46. The van der Waals surface area contributed by atoms with E-state index in [-0.39, 0.29) is 18.8 Å². The zero-order chi connectivity index (χ0) is 26.2. The van der Waals surface area contributed by atoms with Crippen molar-refractivity contribution in [2.75, 3.05) is 33.2 Å². The second kappa shape index (κ2) is 12.7. The summed E-state index contributed by atoms with van der Waals surface area (Å²) in [5.41, 5.74) is 3.41. The molecule has 3 aromatic rings. The summed E-state index contributed by atoms with van der Waals surface area (Å²) < 4.78 is 24.4. The van der Waals surface area contributed by atoms with Crippen LogP contribution < -0.4 is 10.1 Å². The SMILES string of the molecule is CN1CCN(Cc2cc(-c3ccc(F)cc3)ccc2OC(OC=O)C(=O)NCc2ccc(Cl)cc2)CC1. The highest BCUT2D eigenvalue weighted by atomic mass is 35.5. The first-order chi connectivity index (χ1) is 17.9. The predicted octanol–water partition coefficient (Wildman–Crippen LogP) is 4.09. The van der Waals surface area contributed by atoms with Crippen LogP contribution in [0, 0.1) is 5.82 Å². The molecule has 1 unspecified atom stereocenters. The molecule has 0 saturated carbocycles. The molecule has 0 bridgehead atoms. The number of likely N-dealkylation sites (N-methyl/N-ethyl adjacent to an activating group) is 1. The number of halogens is 2. The summed E-state index contributed by atoms with van der Waals surface area (Å²) in [6.45, 7) is 4.64. The molecule has 1 heterocycles. The number of hydrogen-bond acceptors (Lipinski definition) is 6. The molecule has 0 aliphatic carbocycles. The number of amides is 1. The van der Waals surface area contributed by atoms with Gasteiger partial charge in [0.25, 0.3) is 6.47 Å². The number of hydrogen-bond donors (Lipinski definition) is 1. The first kappa shape index (κ1) is 26.6. The molecule has 1 atom stereocenters. The lowest BCUT2D eigenvalue weighted by Gasteiger charge is -2.33. The minimum Gasteiger partial charge on any atom is -0.446 e. The molecule has 0 radical (unpaired) electrons. The van der Waals surface area contributed by atoms with Crippen molar-refractivity contribution < 1.29 is 23.5 Å². The van der Waals surface area contributed by atoms with Crippen LogP contribution in [0.15, 0.2) is 66.7 Å². The number of rotatable bonds is 10. The molecule has 194 valence electrons. The van der Waals surface area contributed by atoms with E-state index in [1.54, 1.807) is 42.5 Å². The second-order valence-electron chi connectivity index (χ2n) is 8.94. The molecule has 4 rings (SSSR count). The van der Waals surface area contributed by atoms with Gasteiger partial charge < -0.3 is 19.7 Å². The number of carbonyl (C=O) groups excluding carboxylic acids is 2. The van der Waals surface area contributed by atoms with E-state index in [1.165, 1.54) is 12.1 Å². The topological polar surface area (TPSA) is 71.1 Å². The Morgan fingerprint density at radius 3 is 2.38 bits per heavy atom. The summed E-state index contributed by atoms with van der Waals surface area (Å²) in [7, 11) is 2.09. The zero-order valence-corrected chi connectivity index (χ0v) is 21.3. The molecule has 1 aliphatic heterocycles. The van der Waals surface area contributed by atoms with E-state index < -0.39 is 12.2 Å². The summed E-state index contributed by atoms with van der Waals surface area (Å²) >= 11 is 5.92. The van der Waals surface area contributed by atoms with E-state index in [2.05, 4.69) is 22.2 Å². The van der Waals surface area contributed by atoms with Crippen molar-refractivity contribution >= 4 is 24.0 Å². The van der Waals surface area contributed by atoms with Gasteiger partial charge in [0.1, 0.15) is 11.6 Å². The predicted molar refractivity (Wildman–Crippen MR) is 139 cm³/mol. The fourth-order valence-corrected chi connectivity index (χ4v) is 4.20. The van der Waals surface area contributed by atoms with E-state index in [0.29, 0.717) is 17.3 Å². The number of piperazine rings is 1. The maximum atomic E-state index is 13.5. The third-order valence-electron chi connectivity index (χ3n) is 6.24. The fraction of sp³-hybridized carbons (Fsp3) is 0.286. The van der Waals surface area contributed by atoms with Crippen LogP contribution in [0.3, 0.4) is 0 Å². The van der Waals surface area contributed by atoms with Gasteiger partial charge in [0.05, 0.1) is 0 Å². The van der Waals surface area contributed by atoms with E-state index >= 15 is 0 Å². The van der Waals surface area contributed by atoms with E-state index in [1.807, 2.05) is 12.1 Å². The van der Waals surface area contributed by atoms with E-state index in [0.717, 1.165) is 48.4 Å². The third-order valence-corrected chi connectivity index (χ3v) is 6.49. The van der Waals surface area contributed by atoms with Crippen molar-refractivity contribution in [2.24, 2.45) is 0 Å². The van der Waals surface area contributed by atoms with Gasteiger partial charge in [0, 0.05) is 49.9 Å². The minimum atomic E-state index is -1.47. The third kappa shape index (κ3) is 7.52. The highest BCUT2D eigenvalue weighted by Gasteiger charge is 2.24. The minimum absolute atomic E-state index is 0.194. The van der Waals surface area contributed by atoms with Crippen molar-refractivity contribution in [3.63, 3.8) is 0 Å². The number of nitrogens with one attached hydrogen (secondary N) is 1. The molecule has 1 fully saturated rings. The largest absolute Gasteiger partial charge is 0.446 e. The van der Waals surface area contributed by atoms with Crippen LogP contribution in [0.4, 0.5) is 4.39 Å². The van der Waals surface area contributed by atoms with E-state index in [4.69, 9.17) is 21.1 Å². The Morgan fingerprint density at radius 1 is 1.03 bits per heavy atom. The normalized spacial score (nSPS) is 15.1. The van der Waals surface area contributed by atoms with Crippen molar-refractivity contribution in [3.05, 3.63) is 88.7 Å². The van der Waals surface area contributed by atoms with Gasteiger partial charge in [0.2, 0.25) is 0 Å². The molecule has 3 aromatic carbocycles. The van der Waals surface area contributed by atoms with Crippen molar-refractivity contribution in [1.29, 1.82) is 0 Å². The summed E-state index contributed by atoms with van der Waals surface area (Å²) in [6.07, 6.45) is -1.47. The van der Waals surface area contributed by atoms with Crippen LogP contribution in [-0.2, 0) is 27.4 Å². The molecule has 1 amide bonds. The zero-order valence-electron chi connectivity index (χ0n) is 20.5. The number of nitrogens with zero attached hydrogens (tertiary/aromatic N) is 2. The maximum absolute atomic E-state index is 13.5. The van der Waals surface area contributed by atoms with Gasteiger partial charge in [-0.15, -0.1) is 0 Å². The number of carbonyl (C=O) groups is 2. The van der Waals surface area contributed by atoms with Crippen LogP contribution in [0.2, 0.25) is 5.02 Å². The van der Waals surface area contributed by atoms with Gasteiger partial charge >= 0.3 is 12.2 Å². The molecule has 9 heteroatoms. The Bertz CT molecular complexity index is 1200. The van der Waals surface area contributed by atoms with Crippen molar-refractivity contribution in [2.45, 2.75) is 19.4 Å². The fourth-order valence-electron chi connectivity index (χ4n) is 4.07. The van der Waals surface area contributed by atoms with Crippen LogP contribution in [0.1, 0.15) is 11.1 Å². The Labute approximate surface area is 220 Å². The molecule has 0 spiro atoms. The van der Waals surface area contributed by atoms with Crippen LogP contribution in [0.25, 0.3) is 11.1 Å². The van der Waals surface area contributed by atoms with Gasteiger partial charge in [-0.05, 0) is 60.1 Å². The van der Waals surface area contributed by atoms with Crippen molar-refractivity contribution in [3.8, 4) is 16.9 Å². The average molecular weight is 526 g/mol. The average Bonchev–Trinajstić information content (AvgIpc) is 2.90. The Balaban J connectivity index is 1.54. The lowest BCUT2D eigenvalue weighted by atomic mass is 10.0. The number of benzene rings is 3. The second-order valence-corrected chi connectivity index (χ2v) is 9.37. The molecule has 1 saturated heterocycles.